The van der Waals surface area contributed by atoms with Crippen molar-refractivity contribution < 1.29 is 27.1 Å². The van der Waals surface area contributed by atoms with Crippen molar-refractivity contribution in [3.63, 3.8) is 0 Å². The van der Waals surface area contributed by atoms with Gasteiger partial charge < -0.3 is 14.8 Å². The number of hydrogen-bond acceptors (Lipinski definition) is 5. The molecule has 0 saturated carbocycles. The second-order valence-corrected chi connectivity index (χ2v) is 8.97. The van der Waals surface area contributed by atoms with Crippen molar-refractivity contribution in [2.45, 2.75) is 24.7 Å². The second-order valence-electron chi connectivity index (χ2n) is 7.29. The van der Waals surface area contributed by atoms with E-state index in [9.17, 15) is 17.6 Å². The number of carbonyl (C=O) groups is 1. The highest BCUT2D eigenvalue weighted by atomic mass is 32.2. The van der Waals surface area contributed by atoms with Crippen LogP contribution in [0.4, 0.5) is 15.8 Å². The fourth-order valence-electron chi connectivity index (χ4n) is 2.96. The Kier molecular flexibility index (Phi) is 7.89. The third-order valence-electron chi connectivity index (χ3n) is 4.69. The van der Waals surface area contributed by atoms with Crippen molar-refractivity contribution in [1.29, 1.82) is 0 Å². The Morgan fingerprint density at radius 2 is 1.70 bits per heavy atom. The molecule has 0 unspecified atom stereocenters. The van der Waals surface area contributed by atoms with Gasteiger partial charge in [-0.3, -0.25) is 9.52 Å². The molecular formula is C24H25FN2O5S. The van der Waals surface area contributed by atoms with Crippen LogP contribution in [0, 0.1) is 12.7 Å². The maximum absolute atomic E-state index is 13.1. The molecule has 2 N–H and O–H groups in total. The lowest BCUT2D eigenvalue weighted by Crippen LogP contribution is -2.15. The van der Waals surface area contributed by atoms with Crippen LogP contribution in [-0.4, -0.2) is 28.0 Å². The van der Waals surface area contributed by atoms with E-state index in [0.29, 0.717) is 18.7 Å². The van der Waals surface area contributed by atoms with E-state index in [1.807, 2.05) is 31.2 Å². The molecule has 0 aliphatic heterocycles. The highest BCUT2D eigenvalue weighted by Gasteiger charge is 2.17. The minimum Gasteiger partial charge on any atom is -0.495 e. The second kappa shape index (κ2) is 10.8. The average molecular weight is 473 g/mol. The van der Waals surface area contributed by atoms with Gasteiger partial charge in [0.15, 0.2) is 0 Å². The van der Waals surface area contributed by atoms with Crippen LogP contribution in [0.15, 0.2) is 71.6 Å². The van der Waals surface area contributed by atoms with Crippen LogP contribution in [0.2, 0.25) is 0 Å². The summed E-state index contributed by atoms with van der Waals surface area (Å²) in [6, 6.07) is 16.7. The van der Waals surface area contributed by atoms with Crippen LogP contribution < -0.4 is 19.5 Å². The van der Waals surface area contributed by atoms with E-state index in [1.54, 1.807) is 12.1 Å². The number of hydrogen-bond donors (Lipinski definition) is 2. The Morgan fingerprint density at radius 3 is 2.36 bits per heavy atom. The smallest absolute Gasteiger partial charge is 0.262 e. The molecule has 0 aliphatic carbocycles. The minimum atomic E-state index is -3.98. The van der Waals surface area contributed by atoms with Crippen LogP contribution in [0.5, 0.6) is 11.5 Å². The zero-order chi connectivity index (χ0) is 23.8. The maximum atomic E-state index is 13.1. The highest BCUT2D eigenvalue weighted by Crippen LogP contribution is 2.30. The molecule has 7 nitrogen and oxygen atoms in total. The molecule has 9 heteroatoms. The third kappa shape index (κ3) is 6.95. The highest BCUT2D eigenvalue weighted by molar-refractivity contribution is 7.92. The summed E-state index contributed by atoms with van der Waals surface area (Å²) < 4.78 is 51.6. The topological polar surface area (TPSA) is 93.7 Å². The molecule has 0 aliphatic rings. The first-order valence-electron chi connectivity index (χ1n) is 10.2. The number of anilines is 2. The Hall–Kier alpha value is -3.59. The molecule has 3 rings (SSSR count). The number of aryl methyl sites for hydroxylation is 1. The van der Waals surface area contributed by atoms with E-state index in [1.165, 1.54) is 13.2 Å². The lowest BCUT2D eigenvalue weighted by Gasteiger charge is -2.14. The summed E-state index contributed by atoms with van der Waals surface area (Å²) in [6.07, 6.45) is 0.744. The Bertz CT molecular complexity index is 1200. The van der Waals surface area contributed by atoms with Gasteiger partial charge in [0.25, 0.3) is 10.0 Å². The molecule has 0 atom stereocenters. The van der Waals surface area contributed by atoms with Gasteiger partial charge >= 0.3 is 0 Å². The first kappa shape index (κ1) is 24.1. The SMILES string of the molecule is COc1ccc(NC(=O)CCCOc2ccc(C)cc2)cc1NS(=O)(=O)c1ccc(F)cc1. The van der Waals surface area contributed by atoms with E-state index in [2.05, 4.69) is 10.0 Å². The zero-order valence-electron chi connectivity index (χ0n) is 18.3. The third-order valence-corrected chi connectivity index (χ3v) is 6.07. The number of halogens is 1. The minimum absolute atomic E-state index is 0.103. The number of nitrogens with one attached hydrogen (secondary N) is 2. The number of benzene rings is 3. The molecule has 3 aromatic rings. The summed E-state index contributed by atoms with van der Waals surface area (Å²) in [6.45, 7) is 2.38. The number of carbonyl (C=O) groups excluding carboxylic acids is 1. The molecule has 174 valence electrons. The fourth-order valence-corrected chi connectivity index (χ4v) is 4.02. The molecule has 0 aromatic heterocycles. The zero-order valence-corrected chi connectivity index (χ0v) is 19.1. The molecule has 0 bridgehead atoms. The van der Waals surface area contributed by atoms with Gasteiger partial charge in [0, 0.05) is 12.1 Å². The van der Waals surface area contributed by atoms with Crippen molar-refractivity contribution in [3.05, 3.63) is 78.1 Å². The van der Waals surface area contributed by atoms with Crippen LogP contribution in [-0.2, 0) is 14.8 Å². The summed E-state index contributed by atoms with van der Waals surface area (Å²) in [5.74, 6) is 0.236. The largest absolute Gasteiger partial charge is 0.495 e. The average Bonchev–Trinajstić information content (AvgIpc) is 2.78. The summed E-state index contributed by atoms with van der Waals surface area (Å²) in [7, 11) is -2.58. The summed E-state index contributed by atoms with van der Waals surface area (Å²) >= 11 is 0. The number of amides is 1. The normalized spacial score (nSPS) is 11.0. The first-order valence-corrected chi connectivity index (χ1v) is 11.7. The van der Waals surface area contributed by atoms with Crippen molar-refractivity contribution in [2.24, 2.45) is 0 Å². The number of ether oxygens (including phenoxy) is 2. The standard InChI is InChI=1S/C24H25FN2O5S/c1-17-5-10-20(11-6-17)32-15-3-4-24(28)26-19-9-14-23(31-2)22(16-19)27-33(29,30)21-12-7-18(25)8-13-21/h5-14,16,27H,3-4,15H2,1-2H3,(H,26,28). The molecule has 1 amide bonds. The lowest BCUT2D eigenvalue weighted by atomic mass is 10.2. The number of methoxy groups -OCH3 is 1. The predicted molar refractivity (Wildman–Crippen MR) is 125 cm³/mol. The van der Waals surface area contributed by atoms with Crippen LogP contribution in [0.1, 0.15) is 18.4 Å². The van der Waals surface area contributed by atoms with Crippen LogP contribution in [0.25, 0.3) is 0 Å². The van der Waals surface area contributed by atoms with E-state index in [4.69, 9.17) is 9.47 Å². The van der Waals surface area contributed by atoms with Crippen molar-refractivity contribution in [3.8, 4) is 11.5 Å². The number of rotatable bonds is 10. The Labute approximate surface area is 192 Å². The summed E-state index contributed by atoms with van der Waals surface area (Å²) in [4.78, 5) is 12.2. The van der Waals surface area contributed by atoms with Gasteiger partial charge in [-0.15, -0.1) is 0 Å². The van der Waals surface area contributed by atoms with Crippen LogP contribution in [0.3, 0.4) is 0 Å². The first-order chi connectivity index (χ1) is 15.8. The quantitative estimate of drug-likeness (QED) is 0.416. The Balaban J connectivity index is 1.59. The fraction of sp³-hybridized carbons (Fsp3) is 0.208. The van der Waals surface area contributed by atoms with Crippen molar-refractivity contribution in [2.75, 3.05) is 23.8 Å². The van der Waals surface area contributed by atoms with Crippen molar-refractivity contribution >= 4 is 27.3 Å². The predicted octanol–water partition coefficient (Wildman–Crippen LogP) is 4.74. The van der Waals surface area contributed by atoms with E-state index in [0.717, 1.165) is 35.6 Å². The van der Waals surface area contributed by atoms with E-state index >= 15 is 0 Å². The van der Waals surface area contributed by atoms with Crippen LogP contribution >= 0.6 is 0 Å². The van der Waals surface area contributed by atoms with Gasteiger partial charge in [0.2, 0.25) is 5.91 Å². The van der Waals surface area contributed by atoms with E-state index < -0.39 is 15.8 Å². The lowest BCUT2D eigenvalue weighted by molar-refractivity contribution is -0.116. The van der Waals surface area contributed by atoms with Gasteiger partial charge in [0.05, 0.1) is 24.3 Å². The molecule has 0 radical (unpaired) electrons. The van der Waals surface area contributed by atoms with Gasteiger partial charge in [-0.05, 0) is 67.9 Å². The molecule has 0 saturated heterocycles. The molecule has 3 aromatic carbocycles. The summed E-state index contributed by atoms with van der Waals surface area (Å²) in [5, 5.41) is 2.74. The summed E-state index contributed by atoms with van der Waals surface area (Å²) in [5.41, 5.74) is 1.68. The molecular weight excluding hydrogens is 447 g/mol. The molecule has 0 heterocycles. The van der Waals surface area contributed by atoms with Gasteiger partial charge in [0.1, 0.15) is 17.3 Å². The maximum Gasteiger partial charge on any atom is 0.262 e. The molecule has 33 heavy (non-hydrogen) atoms. The molecule has 0 spiro atoms. The van der Waals surface area contributed by atoms with Gasteiger partial charge in [-0.25, -0.2) is 12.8 Å². The monoisotopic (exact) mass is 472 g/mol. The van der Waals surface area contributed by atoms with E-state index in [-0.39, 0.29) is 28.7 Å². The van der Waals surface area contributed by atoms with Gasteiger partial charge in [-0.1, -0.05) is 17.7 Å². The Morgan fingerprint density at radius 1 is 1.00 bits per heavy atom. The number of sulfonamides is 1. The van der Waals surface area contributed by atoms with Crippen molar-refractivity contribution in [1.82, 2.24) is 0 Å². The van der Waals surface area contributed by atoms with Gasteiger partial charge in [-0.2, -0.15) is 0 Å². The molecule has 0 fully saturated rings.